The summed E-state index contributed by atoms with van der Waals surface area (Å²) in [6.07, 6.45) is -0.403. The van der Waals surface area contributed by atoms with Crippen LogP contribution in [0.25, 0.3) is 0 Å². The quantitative estimate of drug-likeness (QED) is 0.682. The summed E-state index contributed by atoms with van der Waals surface area (Å²) in [4.78, 5) is 24.6. The number of amides is 1. The molecule has 2 aromatic rings. The molecule has 0 aliphatic heterocycles. The third kappa shape index (κ3) is 5.97. The molecule has 1 amide bonds. The van der Waals surface area contributed by atoms with Gasteiger partial charge < -0.3 is 10.4 Å². The van der Waals surface area contributed by atoms with E-state index < -0.39 is 11.5 Å². The Kier molecular flexibility index (Phi) is 6.95. The Hall–Kier alpha value is -2.17. The van der Waals surface area contributed by atoms with Crippen molar-refractivity contribution in [2.45, 2.75) is 32.8 Å². The lowest BCUT2D eigenvalue weighted by molar-refractivity contribution is -0.123. The number of halogens is 1. The minimum atomic E-state index is -0.873. The van der Waals surface area contributed by atoms with Crippen LogP contribution in [0.2, 0.25) is 5.02 Å². The smallest absolute Gasteiger partial charge is 0.220 e. The maximum Gasteiger partial charge on any atom is 0.220 e. The average molecular weight is 374 g/mol. The van der Waals surface area contributed by atoms with Crippen LogP contribution in [0, 0.1) is 5.41 Å². The zero-order chi connectivity index (χ0) is 19.2. The molecule has 138 valence electrons. The highest BCUT2D eigenvalue weighted by Gasteiger charge is 2.26. The molecule has 26 heavy (non-hydrogen) atoms. The van der Waals surface area contributed by atoms with Crippen molar-refractivity contribution in [3.63, 3.8) is 0 Å². The molecule has 0 radical (unpaired) electrons. The molecular weight excluding hydrogens is 350 g/mol. The summed E-state index contributed by atoms with van der Waals surface area (Å²) in [5.41, 5.74) is 0.745. The minimum Gasteiger partial charge on any atom is -0.387 e. The SMILES string of the molecule is CC(C)(CC(=O)NC[C@@H](O)c1ccccc1Cl)CC(=O)c1ccccc1. The van der Waals surface area contributed by atoms with Crippen molar-refractivity contribution >= 4 is 23.3 Å². The lowest BCUT2D eigenvalue weighted by Gasteiger charge is -2.23. The molecule has 0 heterocycles. The van der Waals surface area contributed by atoms with E-state index in [0.29, 0.717) is 16.1 Å². The van der Waals surface area contributed by atoms with E-state index in [4.69, 9.17) is 11.6 Å². The molecule has 2 aromatic carbocycles. The summed E-state index contributed by atoms with van der Waals surface area (Å²) in [5.74, 6) is -0.193. The fourth-order valence-corrected chi connectivity index (χ4v) is 3.05. The van der Waals surface area contributed by atoms with Gasteiger partial charge in [0.2, 0.25) is 5.91 Å². The van der Waals surface area contributed by atoms with Gasteiger partial charge >= 0.3 is 0 Å². The number of carbonyl (C=O) groups excluding carboxylic acids is 2. The predicted molar refractivity (Wildman–Crippen MR) is 103 cm³/mol. The van der Waals surface area contributed by atoms with Gasteiger partial charge in [0.1, 0.15) is 0 Å². The van der Waals surface area contributed by atoms with Gasteiger partial charge in [0.25, 0.3) is 0 Å². The Labute approximate surface area is 159 Å². The van der Waals surface area contributed by atoms with E-state index in [-0.39, 0.29) is 31.1 Å². The van der Waals surface area contributed by atoms with Crippen molar-refractivity contribution in [2.75, 3.05) is 6.54 Å². The van der Waals surface area contributed by atoms with Gasteiger partial charge in [0.05, 0.1) is 6.10 Å². The summed E-state index contributed by atoms with van der Waals surface area (Å²) in [7, 11) is 0. The molecule has 2 N–H and O–H groups in total. The van der Waals surface area contributed by atoms with Gasteiger partial charge in [-0.2, -0.15) is 0 Å². The van der Waals surface area contributed by atoms with Crippen LogP contribution >= 0.6 is 11.6 Å². The van der Waals surface area contributed by atoms with Crippen LogP contribution in [0.4, 0.5) is 0 Å². The topological polar surface area (TPSA) is 66.4 Å². The zero-order valence-corrected chi connectivity index (χ0v) is 15.8. The Bertz CT molecular complexity index is 759. The summed E-state index contributed by atoms with van der Waals surface area (Å²) in [6, 6.07) is 16.0. The summed E-state index contributed by atoms with van der Waals surface area (Å²) >= 11 is 6.05. The van der Waals surface area contributed by atoms with Gasteiger partial charge in [-0.15, -0.1) is 0 Å². The van der Waals surface area contributed by atoms with E-state index in [0.717, 1.165) is 0 Å². The van der Waals surface area contributed by atoms with Gasteiger partial charge in [-0.05, 0) is 11.5 Å². The van der Waals surface area contributed by atoms with Gasteiger partial charge in [-0.25, -0.2) is 0 Å². The molecule has 1 atom stereocenters. The minimum absolute atomic E-state index is 0.0134. The largest absolute Gasteiger partial charge is 0.387 e. The highest BCUT2D eigenvalue weighted by atomic mass is 35.5. The van der Waals surface area contributed by atoms with Crippen molar-refractivity contribution in [1.82, 2.24) is 5.32 Å². The van der Waals surface area contributed by atoms with Gasteiger partial charge in [-0.3, -0.25) is 9.59 Å². The summed E-state index contributed by atoms with van der Waals surface area (Å²) in [6.45, 7) is 3.85. The monoisotopic (exact) mass is 373 g/mol. The van der Waals surface area contributed by atoms with Crippen LogP contribution in [0.15, 0.2) is 54.6 Å². The standard InChI is InChI=1S/C21H24ClNO3/c1-21(2,12-18(24)15-8-4-3-5-9-15)13-20(26)23-14-19(25)16-10-6-7-11-17(16)22/h3-11,19,25H,12-14H2,1-2H3,(H,23,26)/t19-/m1/s1. The number of aliphatic hydroxyl groups is 1. The number of carbonyl (C=O) groups is 2. The van der Waals surface area contributed by atoms with Crippen molar-refractivity contribution in [1.29, 1.82) is 0 Å². The van der Waals surface area contributed by atoms with Crippen LogP contribution in [-0.2, 0) is 4.79 Å². The number of rotatable bonds is 8. The second kappa shape index (κ2) is 8.97. The summed E-state index contributed by atoms with van der Waals surface area (Å²) < 4.78 is 0. The van der Waals surface area contributed by atoms with Crippen LogP contribution < -0.4 is 5.32 Å². The first kappa shape index (κ1) is 20.1. The molecule has 0 unspecified atom stereocenters. The van der Waals surface area contributed by atoms with E-state index in [1.807, 2.05) is 32.0 Å². The fourth-order valence-electron chi connectivity index (χ4n) is 2.79. The number of aliphatic hydroxyl groups excluding tert-OH is 1. The Morgan fingerprint density at radius 3 is 2.31 bits per heavy atom. The fraction of sp³-hybridized carbons (Fsp3) is 0.333. The maximum atomic E-state index is 12.3. The van der Waals surface area contributed by atoms with Crippen LogP contribution in [0.3, 0.4) is 0 Å². The number of Topliss-reactive ketones (excluding diaryl/α,β-unsaturated/α-hetero) is 1. The molecule has 0 aliphatic rings. The number of benzene rings is 2. The lowest BCUT2D eigenvalue weighted by atomic mass is 9.82. The third-order valence-electron chi connectivity index (χ3n) is 4.13. The van der Waals surface area contributed by atoms with Crippen molar-refractivity contribution in [3.8, 4) is 0 Å². The third-order valence-corrected chi connectivity index (χ3v) is 4.47. The molecule has 0 bridgehead atoms. The Balaban J connectivity index is 1.86. The second-order valence-electron chi connectivity index (χ2n) is 7.15. The normalized spacial score (nSPS) is 12.5. The molecule has 2 rings (SSSR count). The van der Waals surface area contributed by atoms with E-state index in [2.05, 4.69) is 5.32 Å². The predicted octanol–water partition coefficient (Wildman–Crippen LogP) is 4.18. The number of hydrogen-bond donors (Lipinski definition) is 2. The first-order chi connectivity index (χ1) is 12.3. The number of nitrogens with one attached hydrogen (secondary N) is 1. The van der Waals surface area contributed by atoms with E-state index >= 15 is 0 Å². The van der Waals surface area contributed by atoms with E-state index in [1.54, 1.807) is 36.4 Å². The van der Waals surface area contributed by atoms with Crippen molar-refractivity contribution < 1.29 is 14.7 Å². The maximum absolute atomic E-state index is 12.3. The number of hydrogen-bond acceptors (Lipinski definition) is 3. The molecule has 0 saturated heterocycles. The highest BCUT2D eigenvalue weighted by Crippen LogP contribution is 2.27. The van der Waals surface area contributed by atoms with Crippen LogP contribution in [-0.4, -0.2) is 23.3 Å². The van der Waals surface area contributed by atoms with Gasteiger partial charge in [0.15, 0.2) is 5.78 Å². The molecule has 0 fully saturated rings. The lowest BCUT2D eigenvalue weighted by Crippen LogP contribution is -2.33. The zero-order valence-electron chi connectivity index (χ0n) is 15.0. The molecule has 4 nitrogen and oxygen atoms in total. The molecule has 0 aromatic heterocycles. The van der Waals surface area contributed by atoms with E-state index in [9.17, 15) is 14.7 Å². The molecule has 0 aliphatic carbocycles. The van der Waals surface area contributed by atoms with Crippen molar-refractivity contribution in [2.24, 2.45) is 5.41 Å². The van der Waals surface area contributed by atoms with E-state index in [1.165, 1.54) is 0 Å². The molecule has 0 saturated carbocycles. The number of ketones is 1. The first-order valence-corrected chi connectivity index (χ1v) is 8.94. The van der Waals surface area contributed by atoms with Crippen molar-refractivity contribution in [3.05, 3.63) is 70.7 Å². The van der Waals surface area contributed by atoms with Gasteiger partial charge in [0, 0.05) is 35.5 Å². The molecule has 0 spiro atoms. The Morgan fingerprint density at radius 1 is 1.04 bits per heavy atom. The Morgan fingerprint density at radius 2 is 1.65 bits per heavy atom. The molecule has 5 heteroatoms. The van der Waals surface area contributed by atoms with Gasteiger partial charge in [-0.1, -0.05) is 74.0 Å². The van der Waals surface area contributed by atoms with Crippen LogP contribution in [0.1, 0.15) is 48.7 Å². The molecular formula is C21H24ClNO3. The highest BCUT2D eigenvalue weighted by molar-refractivity contribution is 6.31. The van der Waals surface area contributed by atoms with Crippen LogP contribution in [0.5, 0.6) is 0 Å². The summed E-state index contributed by atoms with van der Waals surface area (Å²) in [5, 5.41) is 13.4. The average Bonchev–Trinajstić information content (AvgIpc) is 2.60. The first-order valence-electron chi connectivity index (χ1n) is 8.56. The second-order valence-corrected chi connectivity index (χ2v) is 7.56.